The van der Waals surface area contributed by atoms with Crippen LogP contribution in [0.2, 0.25) is 0 Å². The molecule has 0 radical (unpaired) electrons. The van der Waals surface area contributed by atoms with Crippen LogP contribution in [0.3, 0.4) is 0 Å². The van der Waals surface area contributed by atoms with E-state index in [1.807, 2.05) is 0 Å². The average Bonchev–Trinajstić information content (AvgIpc) is 2.17. The maximum absolute atomic E-state index is 13.7. The standard InChI is InChI=1S/C12H14F2O2/c1-4-16-11(15)12(13,14)10-6-5-8(2)7-9(10)3/h5-7H,4H2,1-3H3. The largest absolute Gasteiger partial charge is 0.461 e. The fourth-order valence-electron chi connectivity index (χ4n) is 1.50. The van der Waals surface area contributed by atoms with Crippen LogP contribution in [0, 0.1) is 13.8 Å². The lowest BCUT2D eigenvalue weighted by molar-refractivity contribution is -0.173. The van der Waals surface area contributed by atoms with Gasteiger partial charge >= 0.3 is 11.9 Å². The molecular weight excluding hydrogens is 214 g/mol. The maximum atomic E-state index is 13.7. The Kier molecular flexibility index (Phi) is 3.62. The third-order valence-electron chi connectivity index (χ3n) is 2.25. The highest BCUT2D eigenvalue weighted by atomic mass is 19.3. The summed E-state index contributed by atoms with van der Waals surface area (Å²) < 4.78 is 31.7. The maximum Gasteiger partial charge on any atom is 0.381 e. The van der Waals surface area contributed by atoms with Crippen molar-refractivity contribution >= 4 is 5.97 Å². The monoisotopic (exact) mass is 228 g/mol. The van der Waals surface area contributed by atoms with E-state index in [1.54, 1.807) is 26.0 Å². The van der Waals surface area contributed by atoms with Crippen molar-refractivity contribution < 1.29 is 18.3 Å². The summed E-state index contributed by atoms with van der Waals surface area (Å²) in [6.07, 6.45) is 0. The number of hydrogen-bond acceptors (Lipinski definition) is 2. The molecule has 0 fully saturated rings. The molecule has 0 saturated carbocycles. The molecule has 0 unspecified atom stereocenters. The van der Waals surface area contributed by atoms with Gasteiger partial charge in [0.25, 0.3) is 0 Å². The van der Waals surface area contributed by atoms with Crippen LogP contribution < -0.4 is 0 Å². The predicted octanol–water partition coefficient (Wildman–Crippen LogP) is 2.96. The Hall–Kier alpha value is -1.45. The highest BCUT2D eigenvalue weighted by Gasteiger charge is 2.43. The Labute approximate surface area is 93.2 Å². The number of ether oxygens (including phenoxy) is 1. The molecule has 1 aromatic carbocycles. The number of rotatable bonds is 3. The van der Waals surface area contributed by atoms with Crippen LogP contribution in [0.25, 0.3) is 0 Å². The van der Waals surface area contributed by atoms with E-state index in [0.717, 1.165) is 5.56 Å². The molecule has 0 amide bonds. The number of halogens is 2. The molecule has 88 valence electrons. The highest BCUT2D eigenvalue weighted by molar-refractivity contribution is 5.79. The van der Waals surface area contributed by atoms with Crippen molar-refractivity contribution in [1.82, 2.24) is 0 Å². The fraction of sp³-hybridized carbons (Fsp3) is 0.417. The molecule has 1 aromatic rings. The third kappa shape index (κ3) is 2.38. The van der Waals surface area contributed by atoms with Gasteiger partial charge in [0.1, 0.15) is 0 Å². The minimum absolute atomic E-state index is 0.0562. The summed E-state index contributed by atoms with van der Waals surface area (Å²) >= 11 is 0. The van der Waals surface area contributed by atoms with E-state index in [-0.39, 0.29) is 12.2 Å². The molecular formula is C12H14F2O2. The second-order valence-electron chi connectivity index (χ2n) is 3.61. The van der Waals surface area contributed by atoms with E-state index in [4.69, 9.17) is 0 Å². The summed E-state index contributed by atoms with van der Waals surface area (Å²) in [7, 11) is 0. The molecule has 0 aromatic heterocycles. The van der Waals surface area contributed by atoms with Crippen LogP contribution in [0.1, 0.15) is 23.6 Å². The summed E-state index contributed by atoms with van der Waals surface area (Å²) in [5.74, 6) is -5.07. The number of benzene rings is 1. The zero-order valence-corrected chi connectivity index (χ0v) is 9.51. The van der Waals surface area contributed by atoms with E-state index in [1.165, 1.54) is 13.0 Å². The van der Waals surface area contributed by atoms with Crippen molar-refractivity contribution in [2.75, 3.05) is 6.61 Å². The van der Waals surface area contributed by atoms with E-state index >= 15 is 0 Å². The molecule has 16 heavy (non-hydrogen) atoms. The first-order valence-electron chi connectivity index (χ1n) is 5.02. The normalized spacial score (nSPS) is 11.3. The van der Waals surface area contributed by atoms with Crippen molar-refractivity contribution in [2.45, 2.75) is 26.7 Å². The number of esters is 1. The van der Waals surface area contributed by atoms with Gasteiger partial charge in [-0.05, 0) is 26.3 Å². The van der Waals surface area contributed by atoms with Gasteiger partial charge < -0.3 is 4.74 Å². The van der Waals surface area contributed by atoms with Gasteiger partial charge in [0, 0.05) is 5.56 Å². The minimum atomic E-state index is -3.58. The zero-order chi connectivity index (χ0) is 12.3. The Morgan fingerprint density at radius 2 is 2.00 bits per heavy atom. The first-order chi connectivity index (χ1) is 7.39. The van der Waals surface area contributed by atoms with E-state index in [9.17, 15) is 13.6 Å². The zero-order valence-electron chi connectivity index (χ0n) is 9.51. The van der Waals surface area contributed by atoms with Gasteiger partial charge in [0.15, 0.2) is 0 Å². The molecule has 0 aliphatic heterocycles. The number of carbonyl (C=O) groups excluding carboxylic acids is 1. The molecule has 0 saturated heterocycles. The van der Waals surface area contributed by atoms with Crippen molar-refractivity contribution in [3.63, 3.8) is 0 Å². The van der Waals surface area contributed by atoms with E-state index in [2.05, 4.69) is 4.74 Å². The predicted molar refractivity (Wildman–Crippen MR) is 56.4 cm³/mol. The van der Waals surface area contributed by atoms with Crippen LogP contribution >= 0.6 is 0 Å². The van der Waals surface area contributed by atoms with Crippen molar-refractivity contribution in [2.24, 2.45) is 0 Å². The molecule has 0 spiro atoms. The molecule has 0 N–H and O–H groups in total. The molecule has 0 aliphatic carbocycles. The van der Waals surface area contributed by atoms with Crippen LogP contribution in [0.4, 0.5) is 8.78 Å². The second-order valence-corrected chi connectivity index (χ2v) is 3.61. The Morgan fingerprint density at radius 3 is 2.50 bits per heavy atom. The molecule has 0 aliphatic rings. The summed E-state index contributed by atoms with van der Waals surface area (Å²) in [4.78, 5) is 11.1. The van der Waals surface area contributed by atoms with Crippen LogP contribution in [0.5, 0.6) is 0 Å². The Bertz CT molecular complexity index is 400. The first kappa shape index (κ1) is 12.6. The minimum Gasteiger partial charge on any atom is -0.461 e. The van der Waals surface area contributed by atoms with E-state index in [0.29, 0.717) is 5.56 Å². The lowest BCUT2D eigenvalue weighted by atomic mass is 10.0. The van der Waals surface area contributed by atoms with Crippen molar-refractivity contribution in [3.8, 4) is 0 Å². The van der Waals surface area contributed by atoms with Gasteiger partial charge in [-0.2, -0.15) is 8.78 Å². The first-order valence-corrected chi connectivity index (χ1v) is 5.02. The number of hydrogen-bond donors (Lipinski definition) is 0. The lowest BCUT2D eigenvalue weighted by Gasteiger charge is -2.17. The second kappa shape index (κ2) is 4.60. The van der Waals surface area contributed by atoms with E-state index < -0.39 is 11.9 Å². The molecule has 1 rings (SSSR count). The average molecular weight is 228 g/mol. The van der Waals surface area contributed by atoms with Crippen LogP contribution in [-0.4, -0.2) is 12.6 Å². The third-order valence-corrected chi connectivity index (χ3v) is 2.25. The molecule has 0 atom stereocenters. The quantitative estimate of drug-likeness (QED) is 0.743. The summed E-state index contributed by atoms with van der Waals surface area (Å²) in [6, 6.07) is 4.43. The van der Waals surface area contributed by atoms with Gasteiger partial charge in [0.2, 0.25) is 0 Å². The SMILES string of the molecule is CCOC(=O)C(F)(F)c1ccc(C)cc1C. The molecule has 0 heterocycles. The lowest BCUT2D eigenvalue weighted by Crippen LogP contribution is -2.29. The van der Waals surface area contributed by atoms with Gasteiger partial charge in [-0.15, -0.1) is 0 Å². The van der Waals surface area contributed by atoms with Gasteiger partial charge in [-0.1, -0.05) is 23.8 Å². The fourth-order valence-corrected chi connectivity index (χ4v) is 1.50. The molecule has 4 heteroatoms. The number of aryl methyl sites for hydroxylation is 2. The van der Waals surface area contributed by atoms with Crippen molar-refractivity contribution in [3.05, 3.63) is 34.9 Å². The highest BCUT2D eigenvalue weighted by Crippen LogP contribution is 2.32. The Morgan fingerprint density at radius 1 is 1.38 bits per heavy atom. The Balaban J connectivity index is 3.11. The van der Waals surface area contributed by atoms with Crippen molar-refractivity contribution in [1.29, 1.82) is 0 Å². The van der Waals surface area contributed by atoms with Gasteiger partial charge in [0.05, 0.1) is 6.61 Å². The number of alkyl halides is 2. The molecule has 0 bridgehead atoms. The summed E-state index contributed by atoms with van der Waals surface area (Å²) in [5.41, 5.74) is 0.968. The smallest absolute Gasteiger partial charge is 0.381 e. The number of carbonyl (C=O) groups is 1. The summed E-state index contributed by atoms with van der Waals surface area (Å²) in [5, 5.41) is 0. The van der Waals surface area contributed by atoms with Gasteiger partial charge in [-0.3, -0.25) is 0 Å². The topological polar surface area (TPSA) is 26.3 Å². The summed E-state index contributed by atoms with van der Waals surface area (Å²) in [6.45, 7) is 4.80. The van der Waals surface area contributed by atoms with Crippen LogP contribution in [0.15, 0.2) is 18.2 Å². The van der Waals surface area contributed by atoms with Gasteiger partial charge in [-0.25, -0.2) is 4.79 Å². The molecule has 2 nitrogen and oxygen atoms in total. The van der Waals surface area contributed by atoms with Crippen LogP contribution in [-0.2, 0) is 15.5 Å².